The minimum Gasteiger partial charge on any atom is -0.387 e. The van der Waals surface area contributed by atoms with E-state index in [1.807, 2.05) is 27.2 Å². The second-order valence-corrected chi connectivity index (χ2v) is 24.2. The Kier molecular flexibility index (Phi) is 53.0. The molecule has 0 saturated carbocycles. The number of nitrogens with zero attached hydrogens (tertiary/aromatic N) is 1. The molecule has 0 fully saturated rings. The van der Waals surface area contributed by atoms with Gasteiger partial charge in [0.25, 0.3) is 0 Å². The molecule has 0 radical (unpaired) electrons. The van der Waals surface area contributed by atoms with Crippen LogP contribution in [-0.4, -0.2) is 73.4 Å². The average molecular weight is 1020 g/mol. The Morgan fingerprint density at radius 1 is 0.465 bits per heavy atom. The van der Waals surface area contributed by atoms with Gasteiger partial charge in [-0.25, -0.2) is 4.57 Å². The summed E-state index contributed by atoms with van der Waals surface area (Å²) < 4.78 is 23.8. The van der Waals surface area contributed by atoms with Crippen LogP contribution >= 0.6 is 7.82 Å². The number of carbonyl (C=O) groups excluding carboxylic acids is 1. The van der Waals surface area contributed by atoms with Crippen molar-refractivity contribution in [3.8, 4) is 0 Å². The van der Waals surface area contributed by atoms with Crippen molar-refractivity contribution in [2.75, 3.05) is 40.9 Å². The van der Waals surface area contributed by atoms with Gasteiger partial charge in [-0.15, -0.1) is 0 Å². The molecule has 0 bridgehead atoms. The van der Waals surface area contributed by atoms with Gasteiger partial charge < -0.3 is 19.8 Å². The van der Waals surface area contributed by atoms with Crippen molar-refractivity contribution < 1.29 is 32.9 Å². The summed E-state index contributed by atoms with van der Waals surface area (Å²) in [7, 11) is 1.59. The zero-order valence-electron chi connectivity index (χ0n) is 48.2. The number of likely N-dealkylation sites (N-methyl/N-ethyl adjacent to an activating group) is 1. The maximum absolute atomic E-state index is 13.0. The Labute approximate surface area is 443 Å². The summed E-state index contributed by atoms with van der Waals surface area (Å²) in [5.41, 5.74) is 0. The number of aliphatic hydroxyl groups excluding tert-OH is 1. The molecule has 0 aliphatic carbocycles. The van der Waals surface area contributed by atoms with Crippen molar-refractivity contribution in [1.29, 1.82) is 0 Å². The predicted molar refractivity (Wildman–Crippen MR) is 309 cm³/mol. The summed E-state index contributed by atoms with van der Waals surface area (Å²) in [6.07, 6.45) is 68.6. The van der Waals surface area contributed by atoms with Crippen LogP contribution in [0.15, 0.2) is 24.3 Å². The van der Waals surface area contributed by atoms with Crippen LogP contribution in [0.25, 0.3) is 0 Å². The lowest BCUT2D eigenvalue weighted by molar-refractivity contribution is -0.870. The molecule has 8 nitrogen and oxygen atoms in total. The van der Waals surface area contributed by atoms with E-state index in [4.69, 9.17) is 9.05 Å². The lowest BCUT2D eigenvalue weighted by Gasteiger charge is -2.25. The topological polar surface area (TPSA) is 105 Å². The van der Waals surface area contributed by atoms with Gasteiger partial charge in [0, 0.05) is 6.42 Å². The predicted octanol–water partition coefficient (Wildman–Crippen LogP) is 19.2. The van der Waals surface area contributed by atoms with Crippen LogP contribution in [0.4, 0.5) is 0 Å². The Hall–Kier alpha value is -1.02. The van der Waals surface area contributed by atoms with E-state index in [9.17, 15) is 19.4 Å². The van der Waals surface area contributed by atoms with Crippen LogP contribution in [0.1, 0.15) is 316 Å². The van der Waals surface area contributed by atoms with Crippen LogP contribution in [0.3, 0.4) is 0 Å². The van der Waals surface area contributed by atoms with Gasteiger partial charge in [-0.3, -0.25) is 13.8 Å². The van der Waals surface area contributed by atoms with Gasteiger partial charge in [0.2, 0.25) is 5.91 Å². The zero-order chi connectivity index (χ0) is 52.0. The molecule has 3 atom stereocenters. The number of aliphatic hydroxyl groups is 1. The van der Waals surface area contributed by atoms with Gasteiger partial charge in [-0.2, -0.15) is 0 Å². The molecule has 0 aromatic carbocycles. The Morgan fingerprint density at radius 2 is 0.761 bits per heavy atom. The molecule has 0 rings (SSSR count). The number of nitrogens with one attached hydrogen (secondary N) is 1. The molecule has 1 amide bonds. The van der Waals surface area contributed by atoms with E-state index in [-0.39, 0.29) is 19.1 Å². The Balaban J connectivity index is 4.13. The summed E-state index contributed by atoms with van der Waals surface area (Å²) in [4.78, 5) is 23.3. The van der Waals surface area contributed by atoms with Crippen molar-refractivity contribution in [2.24, 2.45) is 0 Å². The first-order valence-electron chi connectivity index (χ1n) is 31.2. The van der Waals surface area contributed by atoms with Crippen LogP contribution in [0, 0.1) is 0 Å². The number of rotatable bonds is 58. The smallest absolute Gasteiger partial charge is 0.387 e. The van der Waals surface area contributed by atoms with E-state index < -0.39 is 20.0 Å². The SMILES string of the molecule is CCCCCCCCCCCCCC/C=C\CCCCCCCCCCCCCC(=O)NC(COP(=O)(O)OCC[N+](C)(C)C)C(O)/C=C/CCCCCCCCCCCCCCCCCCCCCC. The molecule has 422 valence electrons. The van der Waals surface area contributed by atoms with Crippen molar-refractivity contribution in [3.63, 3.8) is 0 Å². The highest BCUT2D eigenvalue weighted by molar-refractivity contribution is 7.47. The summed E-state index contributed by atoms with van der Waals surface area (Å²) in [6.45, 7) is 4.87. The number of quaternary nitrogens is 1. The number of hydrogen-bond donors (Lipinski definition) is 3. The highest BCUT2D eigenvalue weighted by atomic mass is 31.2. The van der Waals surface area contributed by atoms with Crippen LogP contribution in [0.2, 0.25) is 0 Å². The standard InChI is InChI=1S/C62H123N2O6P/c1-6-8-10-12-14-16-18-20-22-24-26-28-30-31-32-33-34-36-38-40-42-44-46-48-50-52-54-56-62(66)63-60(59-70-71(67,68)69-58-57-64(3,4)5)61(65)55-53-51-49-47-45-43-41-39-37-35-29-27-25-23-21-19-17-15-13-11-9-7-2/h31-32,53,55,60-61,65H,6-30,33-52,54,56-59H2,1-5H3,(H-,63,66,67,68)/p+1/b32-31-,55-53+. The number of carbonyl (C=O) groups is 1. The lowest BCUT2D eigenvalue weighted by Crippen LogP contribution is -2.45. The third kappa shape index (κ3) is 56.5. The summed E-state index contributed by atoms with van der Waals surface area (Å²) in [5.74, 6) is -0.172. The van der Waals surface area contributed by atoms with Crippen LogP contribution in [0.5, 0.6) is 0 Å². The maximum Gasteiger partial charge on any atom is 0.472 e. The van der Waals surface area contributed by atoms with Gasteiger partial charge in [-0.1, -0.05) is 289 Å². The van der Waals surface area contributed by atoms with E-state index in [1.165, 1.54) is 263 Å². The molecule has 3 unspecified atom stereocenters. The quantitative estimate of drug-likeness (QED) is 0.0243. The minimum atomic E-state index is -4.35. The van der Waals surface area contributed by atoms with Gasteiger partial charge >= 0.3 is 7.82 Å². The maximum atomic E-state index is 13.0. The average Bonchev–Trinajstić information content (AvgIpc) is 3.33. The largest absolute Gasteiger partial charge is 0.472 e. The van der Waals surface area contributed by atoms with Crippen molar-refractivity contribution in [2.45, 2.75) is 328 Å². The van der Waals surface area contributed by atoms with E-state index >= 15 is 0 Å². The molecule has 0 aromatic heterocycles. The third-order valence-corrected chi connectivity index (χ3v) is 15.4. The molecule has 0 spiro atoms. The number of amides is 1. The van der Waals surface area contributed by atoms with Gasteiger partial charge in [0.15, 0.2) is 0 Å². The fourth-order valence-electron chi connectivity index (χ4n) is 9.51. The molecule has 0 saturated heterocycles. The molecule has 71 heavy (non-hydrogen) atoms. The summed E-state index contributed by atoms with van der Waals surface area (Å²) >= 11 is 0. The molecule has 0 aliphatic rings. The second-order valence-electron chi connectivity index (χ2n) is 22.8. The lowest BCUT2D eigenvalue weighted by atomic mass is 10.0. The summed E-state index contributed by atoms with van der Waals surface area (Å²) in [6, 6.07) is -0.846. The first-order valence-corrected chi connectivity index (χ1v) is 32.7. The molecular weight excluding hydrogens is 900 g/mol. The number of phosphoric ester groups is 1. The number of hydrogen-bond acceptors (Lipinski definition) is 5. The minimum absolute atomic E-state index is 0.0634. The Bertz CT molecular complexity index is 1210. The van der Waals surface area contributed by atoms with Gasteiger partial charge in [0.05, 0.1) is 39.9 Å². The molecule has 9 heteroatoms. The van der Waals surface area contributed by atoms with E-state index in [1.54, 1.807) is 6.08 Å². The van der Waals surface area contributed by atoms with Crippen molar-refractivity contribution in [1.82, 2.24) is 5.32 Å². The molecule has 3 N–H and O–H groups in total. The number of phosphoric acid groups is 1. The first kappa shape index (κ1) is 70.0. The van der Waals surface area contributed by atoms with Crippen molar-refractivity contribution >= 4 is 13.7 Å². The van der Waals surface area contributed by atoms with Crippen LogP contribution < -0.4 is 5.32 Å². The summed E-state index contributed by atoms with van der Waals surface area (Å²) in [5, 5.41) is 14.0. The molecule has 0 aromatic rings. The first-order chi connectivity index (χ1) is 34.5. The number of unbranched alkanes of at least 4 members (excludes halogenated alkanes) is 43. The van der Waals surface area contributed by atoms with Gasteiger partial charge in [-0.05, 0) is 44.9 Å². The van der Waals surface area contributed by atoms with E-state index in [2.05, 4.69) is 31.3 Å². The molecule has 0 heterocycles. The monoisotopic (exact) mass is 1020 g/mol. The molecular formula is C62H124N2O6P+. The third-order valence-electron chi connectivity index (χ3n) is 14.4. The van der Waals surface area contributed by atoms with Crippen molar-refractivity contribution in [3.05, 3.63) is 24.3 Å². The van der Waals surface area contributed by atoms with Crippen LogP contribution in [-0.2, 0) is 18.4 Å². The second kappa shape index (κ2) is 53.8. The fourth-order valence-corrected chi connectivity index (χ4v) is 10.2. The van der Waals surface area contributed by atoms with E-state index in [0.717, 1.165) is 32.1 Å². The molecule has 0 aliphatic heterocycles. The normalized spacial score (nSPS) is 14.0. The highest BCUT2D eigenvalue weighted by Crippen LogP contribution is 2.43. The van der Waals surface area contributed by atoms with E-state index in [0.29, 0.717) is 17.4 Å². The number of allylic oxidation sites excluding steroid dienone is 3. The fraction of sp³-hybridized carbons (Fsp3) is 0.919. The zero-order valence-corrected chi connectivity index (χ0v) is 49.1. The Morgan fingerprint density at radius 3 is 1.08 bits per heavy atom. The van der Waals surface area contributed by atoms with Gasteiger partial charge in [0.1, 0.15) is 13.2 Å². The highest BCUT2D eigenvalue weighted by Gasteiger charge is 2.27.